The zero-order valence-corrected chi connectivity index (χ0v) is 17.7. The van der Waals surface area contributed by atoms with E-state index in [-0.39, 0.29) is 30.5 Å². The van der Waals surface area contributed by atoms with Crippen molar-refractivity contribution in [3.8, 4) is 0 Å². The second-order valence-corrected chi connectivity index (χ2v) is 10.9. The fourth-order valence-electron chi connectivity index (χ4n) is 8.75. The molecule has 2 spiro atoms. The summed E-state index contributed by atoms with van der Waals surface area (Å²) in [6, 6.07) is 0. The summed E-state index contributed by atoms with van der Waals surface area (Å²) in [5, 5.41) is 11.6. The van der Waals surface area contributed by atoms with E-state index in [1.54, 1.807) is 0 Å². The first-order chi connectivity index (χ1) is 13.9. The minimum Gasteiger partial charge on any atom is -0.393 e. The average Bonchev–Trinajstić information content (AvgIpc) is 3.37. The Morgan fingerprint density at radius 3 is 2.69 bits per heavy atom. The standard InChI is InChI=1S/C24H34O5/c1-15-6-8-21(2)16(10-15)4-5-17-18-7-9-23(22(18,3)11-19(25)20(17)21)24(29-14-27-23)12-26-13-28-24/h10,17-20,25H,1,4-9,11-14H2,2-3H3/t17-,18-,19-,20+,21-,22-,23+,24?/m0/s1. The molecule has 2 saturated heterocycles. The molecule has 5 nitrogen and oxygen atoms in total. The van der Waals surface area contributed by atoms with E-state index in [0.717, 1.165) is 44.9 Å². The highest BCUT2D eigenvalue weighted by molar-refractivity contribution is 5.34. The Morgan fingerprint density at radius 1 is 1.07 bits per heavy atom. The minimum atomic E-state index is -0.810. The van der Waals surface area contributed by atoms with Gasteiger partial charge in [-0.05, 0) is 68.1 Å². The van der Waals surface area contributed by atoms with Gasteiger partial charge in [-0.2, -0.15) is 0 Å². The number of rotatable bonds is 0. The van der Waals surface area contributed by atoms with Gasteiger partial charge in [0.05, 0.1) is 6.10 Å². The van der Waals surface area contributed by atoms with Gasteiger partial charge in [-0.25, -0.2) is 0 Å². The van der Waals surface area contributed by atoms with Crippen molar-refractivity contribution in [2.24, 2.45) is 28.6 Å². The monoisotopic (exact) mass is 402 g/mol. The van der Waals surface area contributed by atoms with Crippen LogP contribution < -0.4 is 0 Å². The molecule has 5 heteroatoms. The van der Waals surface area contributed by atoms with Crippen LogP contribution in [0.25, 0.3) is 0 Å². The molecule has 4 aliphatic carbocycles. The van der Waals surface area contributed by atoms with Gasteiger partial charge in [-0.1, -0.05) is 37.6 Å². The number of hydrogen-bond acceptors (Lipinski definition) is 5. The molecule has 1 unspecified atom stereocenters. The van der Waals surface area contributed by atoms with Crippen LogP contribution in [0.5, 0.6) is 0 Å². The van der Waals surface area contributed by atoms with Gasteiger partial charge in [0.2, 0.25) is 5.79 Å². The molecule has 6 aliphatic rings. The highest BCUT2D eigenvalue weighted by atomic mass is 16.9. The van der Waals surface area contributed by atoms with Crippen molar-refractivity contribution in [2.45, 2.75) is 76.3 Å². The van der Waals surface area contributed by atoms with E-state index in [2.05, 4.69) is 26.5 Å². The molecule has 0 aromatic rings. The zero-order chi connectivity index (χ0) is 20.1. The molecule has 6 rings (SSSR count). The molecule has 2 heterocycles. The predicted molar refractivity (Wildman–Crippen MR) is 107 cm³/mol. The van der Waals surface area contributed by atoms with E-state index in [1.807, 2.05) is 0 Å². The Hall–Kier alpha value is -0.720. The molecule has 0 radical (unpaired) electrons. The van der Waals surface area contributed by atoms with Crippen LogP contribution in [0, 0.1) is 28.6 Å². The van der Waals surface area contributed by atoms with Crippen LogP contribution in [0.3, 0.4) is 0 Å². The molecule has 160 valence electrons. The smallest absolute Gasteiger partial charge is 0.226 e. The first kappa shape index (κ1) is 19.0. The Balaban J connectivity index is 1.41. The molecule has 5 fully saturated rings. The molecule has 0 aromatic heterocycles. The third kappa shape index (κ3) is 2.14. The van der Waals surface area contributed by atoms with Crippen LogP contribution in [0.2, 0.25) is 0 Å². The number of ether oxygens (including phenoxy) is 4. The van der Waals surface area contributed by atoms with Crippen molar-refractivity contribution < 1.29 is 24.1 Å². The summed E-state index contributed by atoms with van der Waals surface area (Å²) in [7, 11) is 0. The first-order valence-electron chi connectivity index (χ1n) is 11.4. The lowest BCUT2D eigenvalue weighted by Gasteiger charge is -2.61. The highest BCUT2D eigenvalue weighted by Gasteiger charge is 2.76. The van der Waals surface area contributed by atoms with Crippen LogP contribution in [-0.4, -0.2) is 42.8 Å². The Kier molecular flexibility index (Phi) is 3.90. The van der Waals surface area contributed by atoms with E-state index in [9.17, 15) is 5.11 Å². The number of fused-ring (bicyclic) bond motifs is 7. The summed E-state index contributed by atoms with van der Waals surface area (Å²) in [4.78, 5) is 0. The van der Waals surface area contributed by atoms with Gasteiger partial charge in [0.15, 0.2) is 13.6 Å². The van der Waals surface area contributed by atoms with Crippen molar-refractivity contribution >= 4 is 0 Å². The van der Waals surface area contributed by atoms with Crippen molar-refractivity contribution in [3.63, 3.8) is 0 Å². The molecule has 0 aromatic carbocycles. The van der Waals surface area contributed by atoms with E-state index >= 15 is 0 Å². The summed E-state index contributed by atoms with van der Waals surface area (Å²) in [5.74, 6) is 0.542. The maximum absolute atomic E-state index is 11.6. The second-order valence-electron chi connectivity index (χ2n) is 10.9. The van der Waals surface area contributed by atoms with Gasteiger partial charge in [-0.15, -0.1) is 0 Å². The second kappa shape index (κ2) is 5.95. The summed E-state index contributed by atoms with van der Waals surface area (Å²) in [6.07, 6.45) is 9.23. The number of allylic oxidation sites excluding steroid dienone is 3. The molecular formula is C24H34O5. The van der Waals surface area contributed by atoms with Crippen molar-refractivity contribution in [1.82, 2.24) is 0 Å². The fourth-order valence-corrected chi connectivity index (χ4v) is 8.75. The minimum absolute atomic E-state index is 0.0955. The van der Waals surface area contributed by atoms with Crippen LogP contribution in [-0.2, 0) is 18.9 Å². The van der Waals surface area contributed by atoms with Gasteiger partial charge >= 0.3 is 0 Å². The van der Waals surface area contributed by atoms with Gasteiger partial charge in [0.1, 0.15) is 12.2 Å². The van der Waals surface area contributed by atoms with Crippen LogP contribution in [0.4, 0.5) is 0 Å². The Bertz CT molecular complexity index is 764. The molecule has 29 heavy (non-hydrogen) atoms. The molecule has 8 atom stereocenters. The van der Waals surface area contributed by atoms with Gasteiger partial charge < -0.3 is 24.1 Å². The third-order valence-electron chi connectivity index (χ3n) is 10.0. The molecule has 0 bridgehead atoms. The molecule has 3 saturated carbocycles. The van der Waals surface area contributed by atoms with Crippen molar-refractivity contribution in [1.29, 1.82) is 0 Å². The zero-order valence-electron chi connectivity index (χ0n) is 17.7. The third-order valence-corrected chi connectivity index (χ3v) is 10.0. The SMILES string of the molecule is C=C1C=C2CC[C@@H]3[C@H]([C@@H](O)C[C@@]4(C)[C@H]3CC[C@@]43OCOC34COCO4)[C@@]2(C)CC1. The summed E-state index contributed by atoms with van der Waals surface area (Å²) >= 11 is 0. The molecule has 1 N–H and O–H groups in total. The maximum Gasteiger partial charge on any atom is 0.226 e. The van der Waals surface area contributed by atoms with E-state index in [4.69, 9.17) is 18.9 Å². The van der Waals surface area contributed by atoms with E-state index in [1.165, 1.54) is 11.1 Å². The maximum atomic E-state index is 11.6. The van der Waals surface area contributed by atoms with Crippen molar-refractivity contribution in [2.75, 3.05) is 20.2 Å². The summed E-state index contributed by atoms with van der Waals surface area (Å²) in [5.41, 5.74) is 2.18. The Labute approximate surface area is 173 Å². The summed E-state index contributed by atoms with van der Waals surface area (Å²) in [6.45, 7) is 9.89. The van der Waals surface area contributed by atoms with E-state index in [0.29, 0.717) is 24.4 Å². The van der Waals surface area contributed by atoms with Crippen LogP contribution >= 0.6 is 0 Å². The lowest BCUT2D eigenvalue weighted by atomic mass is 9.45. The lowest BCUT2D eigenvalue weighted by Crippen LogP contribution is -2.66. The topological polar surface area (TPSA) is 57.2 Å². The number of aliphatic hydroxyl groups excluding tert-OH is 1. The Morgan fingerprint density at radius 2 is 1.90 bits per heavy atom. The van der Waals surface area contributed by atoms with Crippen molar-refractivity contribution in [3.05, 3.63) is 23.8 Å². The first-order valence-corrected chi connectivity index (χ1v) is 11.4. The molecule has 2 aliphatic heterocycles. The van der Waals surface area contributed by atoms with Gasteiger partial charge in [0.25, 0.3) is 0 Å². The average molecular weight is 403 g/mol. The predicted octanol–water partition coefficient (Wildman–Crippen LogP) is 3.92. The van der Waals surface area contributed by atoms with Gasteiger partial charge in [-0.3, -0.25) is 0 Å². The quantitative estimate of drug-likeness (QED) is 0.666. The number of hydrogen-bond donors (Lipinski definition) is 1. The normalized spacial score (nSPS) is 56.4. The highest BCUT2D eigenvalue weighted by Crippen LogP contribution is 2.71. The fraction of sp³-hybridized carbons (Fsp3) is 0.833. The van der Waals surface area contributed by atoms with Crippen LogP contribution in [0.15, 0.2) is 23.8 Å². The number of aliphatic hydroxyl groups is 1. The molecule has 0 amide bonds. The van der Waals surface area contributed by atoms with Crippen LogP contribution in [0.1, 0.15) is 58.8 Å². The molecular weight excluding hydrogens is 368 g/mol. The largest absolute Gasteiger partial charge is 0.393 e. The van der Waals surface area contributed by atoms with E-state index < -0.39 is 11.4 Å². The van der Waals surface area contributed by atoms with Gasteiger partial charge in [0, 0.05) is 5.41 Å². The lowest BCUT2D eigenvalue weighted by molar-refractivity contribution is -0.257. The summed E-state index contributed by atoms with van der Waals surface area (Å²) < 4.78 is 24.2.